The van der Waals surface area contributed by atoms with Crippen molar-refractivity contribution in [2.24, 2.45) is 0 Å². The van der Waals surface area contributed by atoms with Crippen LogP contribution in [-0.4, -0.2) is 19.0 Å². The van der Waals surface area contributed by atoms with Gasteiger partial charge < -0.3 is 4.90 Å². The zero-order valence-corrected chi connectivity index (χ0v) is 9.49. The molecular weight excluding hydrogens is 182 g/mol. The molecule has 0 saturated carbocycles. The van der Waals surface area contributed by atoms with Crippen LogP contribution in [0.3, 0.4) is 0 Å². The molecule has 0 aliphatic heterocycles. The van der Waals surface area contributed by atoms with Gasteiger partial charge in [-0.2, -0.15) is 0 Å². The monoisotopic (exact) mass is 198 g/mol. The largest absolute Gasteiger partial charge is 0.303 e. The molecule has 2 rings (SSSR count). The zero-order chi connectivity index (χ0) is 10.8. The number of rotatable bonds is 2. The van der Waals surface area contributed by atoms with E-state index in [0.717, 1.165) is 0 Å². The summed E-state index contributed by atoms with van der Waals surface area (Å²) < 4.78 is 0. The highest BCUT2D eigenvalue weighted by atomic mass is 15.1. The van der Waals surface area contributed by atoms with E-state index >= 15 is 0 Å². The highest BCUT2D eigenvalue weighted by Gasteiger charge is 2.07. The maximum Gasteiger partial charge on any atom is 0.0314 e. The summed E-state index contributed by atoms with van der Waals surface area (Å²) in [6.07, 6.45) is 0. The Morgan fingerprint density at radius 2 is 1.93 bits per heavy atom. The van der Waals surface area contributed by atoms with E-state index in [1.54, 1.807) is 0 Å². The molecule has 0 bridgehead atoms. The van der Waals surface area contributed by atoms with E-state index in [9.17, 15) is 0 Å². The minimum Gasteiger partial charge on any atom is -0.303 e. The van der Waals surface area contributed by atoms with Crippen LogP contribution in [0.2, 0.25) is 0 Å². The fraction of sp³-hybridized carbons (Fsp3) is 0.286. The first-order chi connectivity index (χ1) is 7.18. The van der Waals surface area contributed by atoms with Crippen LogP contribution in [0.25, 0.3) is 10.8 Å². The van der Waals surface area contributed by atoms with E-state index in [4.69, 9.17) is 0 Å². The molecule has 15 heavy (non-hydrogen) atoms. The third-order valence-corrected chi connectivity index (χ3v) is 2.97. The van der Waals surface area contributed by atoms with E-state index in [2.05, 4.69) is 56.3 Å². The average molecular weight is 198 g/mol. The number of nitrogens with zero attached hydrogens (tertiary/aromatic N) is 1. The van der Waals surface area contributed by atoms with Crippen molar-refractivity contribution in [3.8, 4) is 0 Å². The SMILES string of the molecule is CC(c1ccc2c[c]ccc2c1)N(C)C. The number of benzene rings is 2. The van der Waals surface area contributed by atoms with Gasteiger partial charge in [0.05, 0.1) is 0 Å². The highest BCUT2D eigenvalue weighted by molar-refractivity contribution is 5.82. The first-order valence-electron chi connectivity index (χ1n) is 5.24. The van der Waals surface area contributed by atoms with Gasteiger partial charge in [-0.05, 0) is 55.6 Å². The lowest BCUT2D eigenvalue weighted by molar-refractivity contribution is 0.321. The lowest BCUT2D eigenvalue weighted by atomic mass is 10.0. The topological polar surface area (TPSA) is 3.24 Å². The summed E-state index contributed by atoms with van der Waals surface area (Å²) in [6.45, 7) is 2.22. The Bertz CT molecular complexity index is 460. The maximum atomic E-state index is 3.10. The molecule has 0 fully saturated rings. The third-order valence-electron chi connectivity index (χ3n) is 2.97. The smallest absolute Gasteiger partial charge is 0.0314 e. The Morgan fingerprint density at radius 1 is 1.13 bits per heavy atom. The summed E-state index contributed by atoms with van der Waals surface area (Å²) in [5.41, 5.74) is 1.36. The number of fused-ring (bicyclic) bond motifs is 1. The first kappa shape index (κ1) is 10.2. The van der Waals surface area contributed by atoms with E-state index < -0.39 is 0 Å². The molecule has 1 unspecified atom stereocenters. The van der Waals surface area contributed by atoms with Gasteiger partial charge in [-0.3, -0.25) is 0 Å². The van der Waals surface area contributed by atoms with Gasteiger partial charge in [-0.15, -0.1) is 0 Å². The Labute approximate surface area is 91.3 Å². The molecule has 0 spiro atoms. The molecule has 0 heterocycles. The molecular formula is C14H16N. The van der Waals surface area contributed by atoms with Crippen LogP contribution in [0.15, 0.2) is 36.4 Å². The minimum atomic E-state index is 0.457. The van der Waals surface area contributed by atoms with Crippen molar-refractivity contribution in [1.82, 2.24) is 4.90 Å². The van der Waals surface area contributed by atoms with Crippen LogP contribution in [0.5, 0.6) is 0 Å². The summed E-state index contributed by atoms with van der Waals surface area (Å²) in [7, 11) is 4.21. The van der Waals surface area contributed by atoms with Gasteiger partial charge in [-0.1, -0.05) is 24.3 Å². The van der Waals surface area contributed by atoms with Crippen molar-refractivity contribution in [3.05, 3.63) is 48.0 Å². The minimum absolute atomic E-state index is 0.457. The molecule has 2 aromatic rings. The lowest BCUT2D eigenvalue weighted by Crippen LogP contribution is -2.16. The Morgan fingerprint density at radius 3 is 2.67 bits per heavy atom. The summed E-state index contributed by atoms with van der Waals surface area (Å²) in [4.78, 5) is 2.22. The van der Waals surface area contributed by atoms with Gasteiger partial charge in [0.15, 0.2) is 0 Å². The molecule has 0 amide bonds. The molecule has 1 nitrogen and oxygen atoms in total. The normalized spacial score (nSPS) is 13.3. The molecule has 0 aliphatic carbocycles. The van der Waals surface area contributed by atoms with Gasteiger partial charge in [-0.25, -0.2) is 0 Å². The van der Waals surface area contributed by atoms with Crippen LogP contribution in [-0.2, 0) is 0 Å². The van der Waals surface area contributed by atoms with Gasteiger partial charge in [0.2, 0.25) is 0 Å². The Hall–Kier alpha value is -1.34. The molecule has 1 atom stereocenters. The van der Waals surface area contributed by atoms with E-state index in [0.29, 0.717) is 6.04 Å². The predicted octanol–water partition coefficient (Wildman–Crippen LogP) is 3.26. The summed E-state index contributed by atoms with van der Waals surface area (Å²) in [6, 6.07) is 16.3. The second-order valence-electron chi connectivity index (χ2n) is 4.17. The second kappa shape index (κ2) is 4.03. The van der Waals surface area contributed by atoms with Gasteiger partial charge in [0.25, 0.3) is 0 Å². The quantitative estimate of drug-likeness (QED) is 0.716. The first-order valence-corrected chi connectivity index (χ1v) is 5.24. The molecule has 0 aliphatic rings. The summed E-state index contributed by atoms with van der Waals surface area (Å²) >= 11 is 0. The van der Waals surface area contributed by atoms with Crippen LogP contribution in [0.1, 0.15) is 18.5 Å². The molecule has 1 radical (unpaired) electrons. The average Bonchev–Trinajstić information content (AvgIpc) is 2.27. The fourth-order valence-corrected chi connectivity index (χ4v) is 1.70. The second-order valence-corrected chi connectivity index (χ2v) is 4.17. The van der Waals surface area contributed by atoms with Crippen molar-refractivity contribution in [3.63, 3.8) is 0 Å². The van der Waals surface area contributed by atoms with E-state index in [1.807, 2.05) is 12.1 Å². The van der Waals surface area contributed by atoms with Gasteiger partial charge >= 0.3 is 0 Å². The van der Waals surface area contributed by atoms with Crippen molar-refractivity contribution in [2.45, 2.75) is 13.0 Å². The predicted molar refractivity (Wildman–Crippen MR) is 64.9 cm³/mol. The molecule has 77 valence electrons. The fourth-order valence-electron chi connectivity index (χ4n) is 1.70. The molecule has 0 aromatic heterocycles. The van der Waals surface area contributed by atoms with Gasteiger partial charge in [0, 0.05) is 6.04 Å². The van der Waals surface area contributed by atoms with Crippen molar-refractivity contribution in [1.29, 1.82) is 0 Å². The highest BCUT2D eigenvalue weighted by Crippen LogP contribution is 2.22. The van der Waals surface area contributed by atoms with E-state index in [-0.39, 0.29) is 0 Å². The molecule has 0 N–H and O–H groups in total. The lowest BCUT2D eigenvalue weighted by Gasteiger charge is -2.20. The van der Waals surface area contributed by atoms with Crippen LogP contribution in [0, 0.1) is 6.07 Å². The molecule has 1 heteroatoms. The maximum absolute atomic E-state index is 3.10. The summed E-state index contributed by atoms with van der Waals surface area (Å²) in [5.74, 6) is 0. The Balaban J connectivity index is 2.47. The number of hydrogen-bond donors (Lipinski definition) is 0. The van der Waals surface area contributed by atoms with Crippen LogP contribution in [0.4, 0.5) is 0 Å². The van der Waals surface area contributed by atoms with Crippen molar-refractivity contribution in [2.75, 3.05) is 14.1 Å². The van der Waals surface area contributed by atoms with Crippen LogP contribution >= 0.6 is 0 Å². The van der Waals surface area contributed by atoms with Crippen molar-refractivity contribution >= 4 is 10.8 Å². The van der Waals surface area contributed by atoms with Gasteiger partial charge in [0.1, 0.15) is 0 Å². The van der Waals surface area contributed by atoms with E-state index in [1.165, 1.54) is 16.3 Å². The molecule has 0 saturated heterocycles. The van der Waals surface area contributed by atoms with Crippen molar-refractivity contribution < 1.29 is 0 Å². The molecule has 2 aromatic carbocycles. The number of hydrogen-bond acceptors (Lipinski definition) is 1. The zero-order valence-electron chi connectivity index (χ0n) is 9.49. The Kier molecular flexibility index (Phi) is 2.74. The van der Waals surface area contributed by atoms with Crippen LogP contribution < -0.4 is 0 Å². The summed E-state index contributed by atoms with van der Waals surface area (Å²) in [5, 5.41) is 2.55. The standard InChI is InChI=1S/C14H16N/c1-11(15(2)3)13-9-8-12-6-4-5-7-14(12)10-13/h5-11H,1-3H3. The third kappa shape index (κ3) is 2.02.